The fraction of sp³-hybridized carbons (Fsp3) is 0.280. The predicted octanol–water partition coefficient (Wildman–Crippen LogP) is 3.59. The third-order valence-electron chi connectivity index (χ3n) is 5.56. The number of rotatable bonds is 8. The molecule has 186 valence electrons. The van der Waals surface area contributed by atoms with E-state index in [1.54, 1.807) is 45.3 Å². The van der Waals surface area contributed by atoms with Crippen LogP contribution < -0.4 is 4.74 Å². The lowest BCUT2D eigenvalue weighted by atomic mass is 9.99. The lowest BCUT2D eigenvalue weighted by Gasteiger charge is -2.16. The fourth-order valence-corrected chi connectivity index (χ4v) is 4.64. The Morgan fingerprint density at radius 1 is 1.00 bits per heavy atom. The molecule has 3 aromatic rings. The van der Waals surface area contributed by atoms with Gasteiger partial charge >= 0.3 is 0 Å². The van der Waals surface area contributed by atoms with Gasteiger partial charge < -0.3 is 14.2 Å². The first-order chi connectivity index (χ1) is 16.5. The van der Waals surface area contributed by atoms with E-state index < -0.39 is 10.0 Å². The van der Waals surface area contributed by atoms with Crippen molar-refractivity contribution in [2.75, 3.05) is 35.4 Å². The molecule has 1 amide bonds. The molecule has 9 nitrogen and oxygen atoms in total. The molecule has 0 atom stereocenters. The lowest BCUT2D eigenvalue weighted by Crippen LogP contribution is -2.27. The highest BCUT2D eigenvalue weighted by atomic mass is 32.2. The van der Waals surface area contributed by atoms with Crippen LogP contribution in [0.5, 0.6) is 5.75 Å². The largest absolute Gasteiger partial charge is 0.496 e. The van der Waals surface area contributed by atoms with Crippen LogP contribution in [0.25, 0.3) is 22.4 Å². The quantitative estimate of drug-likeness (QED) is 0.268. The van der Waals surface area contributed by atoms with Gasteiger partial charge in [-0.2, -0.15) is 8.42 Å². The van der Waals surface area contributed by atoms with Crippen molar-refractivity contribution in [1.29, 1.82) is 0 Å². The zero-order chi connectivity index (χ0) is 25.9. The van der Waals surface area contributed by atoms with Crippen molar-refractivity contribution in [3.8, 4) is 28.1 Å². The van der Waals surface area contributed by atoms with Crippen LogP contribution in [0, 0.1) is 6.92 Å². The molecule has 0 aliphatic rings. The number of hydrogen-bond donors (Lipinski definition) is 0. The van der Waals surface area contributed by atoms with Crippen LogP contribution in [-0.2, 0) is 21.9 Å². The predicted molar refractivity (Wildman–Crippen MR) is 136 cm³/mol. The second-order valence-corrected chi connectivity index (χ2v) is 9.84. The van der Waals surface area contributed by atoms with Gasteiger partial charge in [0.2, 0.25) is 0 Å². The van der Waals surface area contributed by atoms with E-state index >= 15 is 0 Å². The van der Waals surface area contributed by atoms with Crippen LogP contribution in [0.1, 0.15) is 16.1 Å². The molecule has 35 heavy (non-hydrogen) atoms. The van der Waals surface area contributed by atoms with E-state index in [9.17, 15) is 13.2 Å². The minimum atomic E-state index is -3.80. The molecule has 1 aromatic heterocycles. The van der Waals surface area contributed by atoms with Crippen molar-refractivity contribution < 1.29 is 22.8 Å². The molecule has 1 heterocycles. The van der Waals surface area contributed by atoms with Gasteiger partial charge in [-0.1, -0.05) is 12.1 Å². The minimum Gasteiger partial charge on any atom is -0.496 e. The molecule has 0 fully saturated rings. The summed E-state index contributed by atoms with van der Waals surface area (Å²) >= 11 is 0. The number of aromatic nitrogens is 1. The van der Waals surface area contributed by atoms with Crippen LogP contribution in [0.3, 0.4) is 0 Å². The van der Waals surface area contributed by atoms with Gasteiger partial charge in [-0.3, -0.25) is 9.63 Å². The lowest BCUT2D eigenvalue weighted by molar-refractivity contribution is -0.0762. The van der Waals surface area contributed by atoms with Gasteiger partial charge in [-0.25, -0.2) is 5.06 Å². The molecule has 0 N–H and O–H groups in total. The second kappa shape index (κ2) is 10.3. The van der Waals surface area contributed by atoms with Crippen molar-refractivity contribution in [3.63, 3.8) is 0 Å². The first-order valence-corrected chi connectivity index (χ1v) is 12.2. The highest BCUT2D eigenvalue weighted by Crippen LogP contribution is 2.36. The molecular weight excluding hydrogens is 468 g/mol. The number of carbonyl (C=O) groups excluding carboxylic acids is 1. The van der Waals surface area contributed by atoms with Gasteiger partial charge in [0.1, 0.15) is 17.8 Å². The molecular formula is C25H30N4O5S. The van der Waals surface area contributed by atoms with Gasteiger partial charge in [0.25, 0.3) is 15.9 Å². The zero-order valence-corrected chi connectivity index (χ0v) is 21.8. The number of ether oxygens (including phenoxy) is 1. The first-order valence-electron chi connectivity index (χ1n) is 10.7. The van der Waals surface area contributed by atoms with Crippen LogP contribution >= 0.6 is 0 Å². The van der Waals surface area contributed by atoms with Gasteiger partial charge in [0.05, 0.1) is 24.8 Å². The number of aryl methyl sites for hydroxylation is 1. The standard InChI is InChI=1S/C25H30N4O5S/c1-17-14-22(25(30)29(5)34-7)28(4)24(17)19-10-13-23(33-6)21(15-19)18-8-11-20(12-9-18)35(31,32)26-16-27(2)3/h8-16H,1-7H3. The summed E-state index contributed by atoms with van der Waals surface area (Å²) in [5.41, 5.74) is 4.74. The average molecular weight is 499 g/mol. The summed E-state index contributed by atoms with van der Waals surface area (Å²) in [6.45, 7) is 1.94. The molecule has 0 bridgehead atoms. The van der Waals surface area contributed by atoms with Crippen molar-refractivity contribution in [2.24, 2.45) is 11.4 Å². The number of hydrogen-bond acceptors (Lipinski definition) is 5. The Bertz CT molecular complexity index is 1360. The first kappa shape index (κ1) is 26.0. The van der Waals surface area contributed by atoms with E-state index in [1.165, 1.54) is 30.6 Å². The summed E-state index contributed by atoms with van der Waals surface area (Å²) in [7, 11) is 6.01. The Labute approximate surface area is 206 Å². The summed E-state index contributed by atoms with van der Waals surface area (Å²) in [6, 6.07) is 14.1. The van der Waals surface area contributed by atoms with E-state index in [-0.39, 0.29) is 10.8 Å². The molecule has 0 saturated carbocycles. The van der Waals surface area contributed by atoms with Crippen LogP contribution in [-0.4, -0.2) is 70.6 Å². The highest BCUT2D eigenvalue weighted by Gasteiger charge is 2.21. The monoisotopic (exact) mass is 498 g/mol. The Morgan fingerprint density at radius 2 is 1.63 bits per heavy atom. The maximum absolute atomic E-state index is 12.7. The number of carbonyl (C=O) groups is 1. The van der Waals surface area contributed by atoms with Crippen molar-refractivity contribution in [3.05, 3.63) is 59.8 Å². The second-order valence-electron chi connectivity index (χ2n) is 8.20. The van der Waals surface area contributed by atoms with Crippen molar-refractivity contribution in [2.45, 2.75) is 11.8 Å². The zero-order valence-electron chi connectivity index (χ0n) is 20.9. The van der Waals surface area contributed by atoms with Crippen molar-refractivity contribution in [1.82, 2.24) is 14.5 Å². The molecule has 0 aliphatic carbocycles. The Morgan fingerprint density at radius 3 is 2.20 bits per heavy atom. The summed E-state index contributed by atoms with van der Waals surface area (Å²) in [5.74, 6) is 0.379. The molecule has 0 radical (unpaired) electrons. The average Bonchev–Trinajstić information content (AvgIpc) is 3.15. The SMILES string of the molecule is COc1ccc(-c2c(C)cc(C(=O)N(C)OC)n2C)cc1-c1ccc(S(=O)(=O)N=CN(C)C)cc1. The highest BCUT2D eigenvalue weighted by molar-refractivity contribution is 7.90. The van der Waals surface area contributed by atoms with Crippen LogP contribution in [0.15, 0.2) is 57.8 Å². The normalized spacial score (nSPS) is 11.6. The van der Waals surface area contributed by atoms with Gasteiger partial charge in [0.15, 0.2) is 0 Å². The summed E-state index contributed by atoms with van der Waals surface area (Å²) in [6.07, 6.45) is 1.25. The summed E-state index contributed by atoms with van der Waals surface area (Å²) < 4.78 is 36.0. The summed E-state index contributed by atoms with van der Waals surface area (Å²) in [5, 5.41) is 1.18. The van der Waals surface area contributed by atoms with E-state index in [2.05, 4.69) is 4.40 Å². The number of sulfonamides is 1. The molecule has 0 unspecified atom stereocenters. The molecule has 0 aliphatic heterocycles. The van der Waals surface area contributed by atoms with Crippen molar-refractivity contribution >= 4 is 22.3 Å². The molecule has 10 heteroatoms. The Hall–Kier alpha value is -3.63. The minimum absolute atomic E-state index is 0.0955. The number of amides is 1. The third-order valence-corrected chi connectivity index (χ3v) is 6.80. The molecule has 3 rings (SSSR count). The maximum atomic E-state index is 12.7. The van der Waals surface area contributed by atoms with E-state index in [4.69, 9.17) is 9.57 Å². The smallest absolute Gasteiger partial charge is 0.293 e. The molecule has 0 spiro atoms. The number of methoxy groups -OCH3 is 1. The Kier molecular flexibility index (Phi) is 7.67. The van der Waals surface area contributed by atoms with Gasteiger partial charge in [-0.15, -0.1) is 4.40 Å². The molecule has 0 saturated heterocycles. The van der Waals surface area contributed by atoms with Gasteiger partial charge in [0, 0.05) is 33.8 Å². The van der Waals surface area contributed by atoms with E-state index in [0.717, 1.165) is 27.9 Å². The number of benzene rings is 2. The topological polar surface area (TPSA) is 93.4 Å². The number of nitrogens with zero attached hydrogens (tertiary/aromatic N) is 4. The van der Waals surface area contributed by atoms with E-state index in [0.29, 0.717) is 11.4 Å². The maximum Gasteiger partial charge on any atom is 0.293 e. The Balaban J connectivity index is 2.05. The van der Waals surface area contributed by atoms with Gasteiger partial charge in [-0.05, 0) is 60.0 Å². The van der Waals surface area contributed by atoms with Crippen LogP contribution in [0.2, 0.25) is 0 Å². The summed E-state index contributed by atoms with van der Waals surface area (Å²) in [4.78, 5) is 19.4. The number of hydroxylamine groups is 2. The third kappa shape index (κ3) is 5.39. The molecule has 2 aromatic carbocycles. The fourth-order valence-electron chi connectivity index (χ4n) is 3.73. The van der Waals surface area contributed by atoms with Crippen LogP contribution in [0.4, 0.5) is 0 Å². The van der Waals surface area contributed by atoms with E-state index in [1.807, 2.05) is 42.8 Å².